The van der Waals surface area contributed by atoms with Crippen LogP contribution in [0, 0.1) is 0 Å². The number of ether oxygens (including phenoxy) is 1. The normalized spacial score (nSPS) is 22.2. The van der Waals surface area contributed by atoms with Crippen molar-refractivity contribution in [2.24, 2.45) is 0 Å². The molecule has 2 aliphatic rings. The lowest BCUT2D eigenvalue weighted by molar-refractivity contribution is -0.146. The Bertz CT molecular complexity index is 836. The number of carbonyl (C=O) groups excluding carboxylic acids is 2. The molecule has 1 atom stereocenters. The molecule has 0 saturated carbocycles. The van der Waals surface area contributed by atoms with E-state index in [0.717, 1.165) is 37.9 Å². The van der Waals surface area contributed by atoms with Crippen LogP contribution in [0.25, 0.3) is 5.69 Å². The van der Waals surface area contributed by atoms with Gasteiger partial charge >= 0.3 is 0 Å². The van der Waals surface area contributed by atoms with Crippen LogP contribution in [0.5, 0.6) is 0 Å². The van der Waals surface area contributed by atoms with E-state index in [4.69, 9.17) is 4.74 Å². The summed E-state index contributed by atoms with van der Waals surface area (Å²) >= 11 is 0. The molecule has 1 aromatic heterocycles. The minimum atomic E-state index is -0.698. The Balaban J connectivity index is 1.55. The van der Waals surface area contributed by atoms with E-state index in [1.54, 1.807) is 36.5 Å². The van der Waals surface area contributed by atoms with Gasteiger partial charge in [0.25, 0.3) is 5.91 Å². The maximum Gasteiger partial charge on any atom is 0.254 e. The van der Waals surface area contributed by atoms with Gasteiger partial charge < -0.3 is 14.5 Å². The second kappa shape index (κ2) is 7.71. The van der Waals surface area contributed by atoms with E-state index in [0.29, 0.717) is 25.3 Å². The number of nitrogens with zero attached hydrogens (tertiary/aromatic N) is 5. The highest BCUT2D eigenvalue weighted by Gasteiger charge is 2.52. The van der Waals surface area contributed by atoms with E-state index in [9.17, 15) is 9.59 Å². The minimum Gasteiger partial charge on any atom is -0.383 e. The van der Waals surface area contributed by atoms with Crippen molar-refractivity contribution >= 4 is 11.8 Å². The Labute approximate surface area is 164 Å². The van der Waals surface area contributed by atoms with Crippen molar-refractivity contribution in [1.29, 1.82) is 0 Å². The van der Waals surface area contributed by atoms with Crippen LogP contribution in [0.2, 0.25) is 0 Å². The molecular weight excluding hydrogens is 358 g/mol. The van der Waals surface area contributed by atoms with Crippen LogP contribution >= 0.6 is 0 Å². The Kier molecular flexibility index (Phi) is 5.13. The largest absolute Gasteiger partial charge is 0.383 e. The number of methoxy groups -OCH3 is 1. The van der Waals surface area contributed by atoms with Gasteiger partial charge in [0.1, 0.15) is 18.2 Å². The summed E-state index contributed by atoms with van der Waals surface area (Å²) in [6.45, 7) is 2.45. The Morgan fingerprint density at radius 3 is 2.46 bits per heavy atom. The number of aromatic nitrogens is 3. The molecule has 2 saturated heterocycles. The van der Waals surface area contributed by atoms with Crippen LogP contribution < -0.4 is 0 Å². The Morgan fingerprint density at radius 1 is 1.11 bits per heavy atom. The van der Waals surface area contributed by atoms with Crippen molar-refractivity contribution < 1.29 is 14.3 Å². The number of hydrogen-bond acceptors (Lipinski definition) is 5. The van der Waals surface area contributed by atoms with Crippen LogP contribution in [0.1, 0.15) is 36.0 Å². The van der Waals surface area contributed by atoms with Gasteiger partial charge in [-0.2, -0.15) is 0 Å². The van der Waals surface area contributed by atoms with E-state index in [2.05, 4.69) is 10.2 Å². The summed E-state index contributed by atoms with van der Waals surface area (Å²) in [5.74, 6) is -0.00231. The third-order valence-corrected chi connectivity index (χ3v) is 5.83. The molecule has 8 nitrogen and oxygen atoms in total. The molecule has 2 amide bonds. The number of benzene rings is 1. The second-order valence-corrected chi connectivity index (χ2v) is 7.40. The number of hydrogen-bond donors (Lipinski definition) is 0. The number of likely N-dealkylation sites (tertiary alicyclic amines) is 2. The molecular formula is C20H25N5O3. The van der Waals surface area contributed by atoms with Crippen molar-refractivity contribution in [3.63, 3.8) is 0 Å². The monoisotopic (exact) mass is 383 g/mol. The first kappa shape index (κ1) is 18.6. The molecule has 0 aliphatic carbocycles. The highest BCUT2D eigenvalue weighted by molar-refractivity contribution is 6.00. The topological polar surface area (TPSA) is 80.6 Å². The molecule has 0 bridgehead atoms. The zero-order valence-electron chi connectivity index (χ0n) is 16.1. The van der Waals surface area contributed by atoms with E-state index in [1.165, 1.54) is 0 Å². The predicted molar refractivity (Wildman–Crippen MR) is 102 cm³/mol. The third-order valence-electron chi connectivity index (χ3n) is 5.83. The SMILES string of the molecule is COCCN1CCCC2(CCCN2C(=O)c2ccc(-n3cnnc3)cc2)C1=O. The van der Waals surface area contributed by atoms with Gasteiger partial charge in [0.2, 0.25) is 5.91 Å². The summed E-state index contributed by atoms with van der Waals surface area (Å²) in [7, 11) is 1.64. The molecule has 2 aliphatic heterocycles. The molecule has 2 aromatic rings. The maximum absolute atomic E-state index is 13.3. The van der Waals surface area contributed by atoms with Crippen molar-refractivity contribution in [1.82, 2.24) is 24.6 Å². The van der Waals surface area contributed by atoms with Crippen molar-refractivity contribution in [3.05, 3.63) is 42.5 Å². The average Bonchev–Trinajstić information content (AvgIpc) is 3.40. The molecule has 1 aromatic carbocycles. The predicted octanol–water partition coefficient (Wildman–Crippen LogP) is 1.51. The van der Waals surface area contributed by atoms with Gasteiger partial charge in [-0.3, -0.25) is 14.2 Å². The van der Waals surface area contributed by atoms with E-state index in [-0.39, 0.29) is 11.8 Å². The second-order valence-electron chi connectivity index (χ2n) is 7.40. The molecule has 0 N–H and O–H groups in total. The number of amides is 2. The average molecular weight is 383 g/mol. The number of carbonyl (C=O) groups is 2. The lowest BCUT2D eigenvalue weighted by atomic mass is 9.85. The molecule has 148 valence electrons. The summed E-state index contributed by atoms with van der Waals surface area (Å²) in [6.07, 6.45) is 6.46. The zero-order chi connectivity index (χ0) is 19.6. The smallest absolute Gasteiger partial charge is 0.254 e. The lowest BCUT2D eigenvalue weighted by Crippen LogP contribution is -2.61. The summed E-state index contributed by atoms with van der Waals surface area (Å²) in [5.41, 5.74) is 0.785. The Morgan fingerprint density at radius 2 is 1.79 bits per heavy atom. The molecule has 2 fully saturated rings. The molecule has 1 unspecified atom stereocenters. The molecule has 1 spiro atoms. The van der Waals surface area contributed by atoms with E-state index < -0.39 is 5.54 Å². The van der Waals surface area contributed by atoms with Crippen LogP contribution in [0.15, 0.2) is 36.9 Å². The summed E-state index contributed by atoms with van der Waals surface area (Å²) < 4.78 is 6.93. The summed E-state index contributed by atoms with van der Waals surface area (Å²) in [5, 5.41) is 7.60. The van der Waals surface area contributed by atoms with Crippen molar-refractivity contribution in [3.8, 4) is 5.69 Å². The van der Waals surface area contributed by atoms with Crippen LogP contribution in [-0.4, -0.2) is 75.3 Å². The minimum absolute atomic E-state index is 0.0720. The molecule has 4 rings (SSSR count). The van der Waals surface area contributed by atoms with Crippen LogP contribution in [0.3, 0.4) is 0 Å². The van der Waals surface area contributed by atoms with Crippen molar-refractivity contribution in [2.75, 3.05) is 33.4 Å². The lowest BCUT2D eigenvalue weighted by Gasteiger charge is -2.44. The molecule has 3 heterocycles. The first-order valence-corrected chi connectivity index (χ1v) is 9.71. The van der Waals surface area contributed by atoms with Gasteiger partial charge in [0.05, 0.1) is 6.61 Å². The first-order chi connectivity index (χ1) is 13.7. The van der Waals surface area contributed by atoms with E-state index in [1.807, 2.05) is 21.9 Å². The van der Waals surface area contributed by atoms with Gasteiger partial charge in [0, 0.05) is 38.0 Å². The highest BCUT2D eigenvalue weighted by atomic mass is 16.5. The molecule has 8 heteroatoms. The molecule has 28 heavy (non-hydrogen) atoms. The fourth-order valence-electron chi connectivity index (χ4n) is 4.40. The third kappa shape index (κ3) is 3.17. The maximum atomic E-state index is 13.3. The highest BCUT2D eigenvalue weighted by Crippen LogP contribution is 2.39. The zero-order valence-corrected chi connectivity index (χ0v) is 16.1. The van der Waals surface area contributed by atoms with E-state index >= 15 is 0 Å². The fourth-order valence-corrected chi connectivity index (χ4v) is 4.40. The molecule has 0 radical (unpaired) electrons. The number of rotatable bonds is 5. The summed E-state index contributed by atoms with van der Waals surface area (Å²) in [6, 6.07) is 7.35. The first-order valence-electron chi connectivity index (χ1n) is 9.71. The van der Waals surface area contributed by atoms with Crippen LogP contribution in [0.4, 0.5) is 0 Å². The number of piperidine rings is 1. The fraction of sp³-hybridized carbons (Fsp3) is 0.500. The van der Waals surface area contributed by atoms with Gasteiger partial charge in [-0.1, -0.05) is 0 Å². The standard InChI is InChI=1S/C20H25N5O3/c1-28-13-12-23-10-2-8-20(19(23)27)9-3-11-25(20)18(26)16-4-6-17(7-5-16)24-14-21-22-15-24/h4-7,14-15H,2-3,8-13H2,1H3. The van der Waals surface area contributed by atoms with Gasteiger partial charge in [-0.15, -0.1) is 10.2 Å². The summed E-state index contributed by atoms with van der Waals surface area (Å²) in [4.78, 5) is 30.2. The van der Waals surface area contributed by atoms with Gasteiger partial charge in [0.15, 0.2) is 0 Å². The Hall–Kier alpha value is -2.74. The quantitative estimate of drug-likeness (QED) is 0.782. The van der Waals surface area contributed by atoms with Gasteiger partial charge in [-0.05, 0) is 49.9 Å². The van der Waals surface area contributed by atoms with Crippen LogP contribution in [-0.2, 0) is 9.53 Å². The van der Waals surface area contributed by atoms with Crippen molar-refractivity contribution in [2.45, 2.75) is 31.2 Å². The van der Waals surface area contributed by atoms with Gasteiger partial charge in [-0.25, -0.2) is 0 Å².